The topological polar surface area (TPSA) is 15.6 Å². The lowest BCUT2D eigenvalue weighted by molar-refractivity contribution is 1.09. The highest BCUT2D eigenvalue weighted by Gasteiger charge is 2.17. The number of anilines is 1. The first-order valence-electron chi connectivity index (χ1n) is 8.12. The highest BCUT2D eigenvalue weighted by atomic mass is 15.1. The number of hydrogen-bond acceptors (Lipinski definition) is 2. The van der Waals surface area contributed by atoms with Gasteiger partial charge < -0.3 is 4.90 Å². The van der Waals surface area contributed by atoms with E-state index in [9.17, 15) is 0 Å². The molecule has 0 aromatic heterocycles. The van der Waals surface area contributed by atoms with Crippen LogP contribution in [0.2, 0.25) is 0 Å². The lowest BCUT2D eigenvalue weighted by Crippen LogP contribution is -2.28. The molecule has 1 aliphatic rings. The lowest BCUT2D eigenvalue weighted by Gasteiger charge is -2.27. The lowest BCUT2D eigenvalue weighted by atomic mass is 10.1. The van der Waals surface area contributed by atoms with Crippen molar-refractivity contribution in [2.24, 2.45) is 4.99 Å². The molecular formula is C22H18N2. The van der Waals surface area contributed by atoms with E-state index < -0.39 is 0 Å². The first-order valence-corrected chi connectivity index (χ1v) is 8.12. The minimum atomic E-state index is 0.768. The predicted octanol–water partition coefficient (Wildman–Crippen LogP) is 4.99. The minimum Gasteiger partial charge on any atom is -0.340 e. The highest BCUT2D eigenvalue weighted by molar-refractivity contribution is 6.07. The van der Waals surface area contributed by atoms with E-state index in [0.29, 0.717) is 0 Å². The van der Waals surface area contributed by atoms with Gasteiger partial charge in [-0.05, 0) is 17.7 Å². The Hall–Kier alpha value is -3.13. The van der Waals surface area contributed by atoms with Gasteiger partial charge in [0.05, 0.1) is 18.0 Å². The van der Waals surface area contributed by atoms with Crippen LogP contribution in [-0.4, -0.2) is 12.3 Å². The predicted molar refractivity (Wildman–Crippen MR) is 101 cm³/mol. The van der Waals surface area contributed by atoms with Crippen LogP contribution in [0.3, 0.4) is 0 Å². The molecule has 0 spiro atoms. The maximum atomic E-state index is 4.93. The molecule has 0 atom stereocenters. The number of nitrogens with zero attached hydrogens (tertiary/aromatic N) is 2. The largest absolute Gasteiger partial charge is 0.340 e. The molecule has 0 saturated heterocycles. The van der Waals surface area contributed by atoms with Crippen LogP contribution in [0.25, 0.3) is 5.70 Å². The van der Waals surface area contributed by atoms with Crippen LogP contribution in [0.1, 0.15) is 11.1 Å². The molecule has 116 valence electrons. The number of benzene rings is 3. The van der Waals surface area contributed by atoms with Crippen LogP contribution in [-0.2, 0) is 0 Å². The summed E-state index contributed by atoms with van der Waals surface area (Å²) in [5.74, 6) is 0. The molecule has 0 N–H and O–H groups in total. The van der Waals surface area contributed by atoms with Crippen molar-refractivity contribution in [1.29, 1.82) is 0 Å². The number of hydrogen-bond donors (Lipinski definition) is 0. The maximum Gasteiger partial charge on any atom is 0.0868 e. The van der Waals surface area contributed by atoms with E-state index in [1.807, 2.05) is 18.2 Å². The Morgan fingerprint density at radius 1 is 0.625 bits per heavy atom. The quantitative estimate of drug-likeness (QED) is 0.665. The van der Waals surface area contributed by atoms with Gasteiger partial charge in [0.25, 0.3) is 0 Å². The molecule has 4 rings (SSSR count). The highest BCUT2D eigenvalue weighted by Crippen LogP contribution is 2.26. The van der Waals surface area contributed by atoms with Gasteiger partial charge in [-0.3, -0.25) is 0 Å². The second kappa shape index (κ2) is 6.55. The molecule has 0 saturated carbocycles. The molecule has 2 heteroatoms. The smallest absolute Gasteiger partial charge is 0.0868 e. The molecular weight excluding hydrogens is 292 g/mol. The fraction of sp³-hybridized carbons (Fsp3) is 0.0455. The van der Waals surface area contributed by atoms with E-state index in [2.05, 4.69) is 83.9 Å². The van der Waals surface area contributed by atoms with Gasteiger partial charge in [0.2, 0.25) is 0 Å². The summed E-state index contributed by atoms with van der Waals surface area (Å²) in [5.41, 5.74) is 5.55. The van der Waals surface area contributed by atoms with Crippen molar-refractivity contribution in [3.63, 3.8) is 0 Å². The summed E-state index contributed by atoms with van der Waals surface area (Å²) >= 11 is 0. The van der Waals surface area contributed by atoms with E-state index in [1.54, 1.807) is 0 Å². The monoisotopic (exact) mass is 310 g/mol. The summed E-state index contributed by atoms with van der Waals surface area (Å²) < 4.78 is 0. The molecule has 24 heavy (non-hydrogen) atoms. The fourth-order valence-corrected chi connectivity index (χ4v) is 2.88. The maximum absolute atomic E-state index is 4.93. The third kappa shape index (κ3) is 2.99. The zero-order valence-electron chi connectivity index (χ0n) is 13.3. The summed E-state index contributed by atoms with van der Waals surface area (Å²) in [6, 6.07) is 31.2. The molecule has 3 aromatic rings. The number of rotatable bonds is 3. The normalized spacial score (nSPS) is 14.1. The van der Waals surface area contributed by atoms with Crippen LogP contribution >= 0.6 is 0 Å². The molecule has 0 amide bonds. The molecule has 1 aliphatic heterocycles. The van der Waals surface area contributed by atoms with Crippen LogP contribution in [0.15, 0.2) is 102 Å². The Morgan fingerprint density at radius 2 is 1.17 bits per heavy atom. The van der Waals surface area contributed by atoms with Gasteiger partial charge >= 0.3 is 0 Å². The van der Waals surface area contributed by atoms with E-state index in [4.69, 9.17) is 4.99 Å². The van der Waals surface area contributed by atoms with Gasteiger partial charge in [0.1, 0.15) is 0 Å². The number of aliphatic imine (C=N–C) groups is 1. The van der Waals surface area contributed by atoms with Crippen molar-refractivity contribution in [3.05, 3.63) is 108 Å². The average molecular weight is 310 g/mol. The van der Waals surface area contributed by atoms with Crippen molar-refractivity contribution in [1.82, 2.24) is 0 Å². The Bertz CT molecular complexity index is 866. The standard InChI is InChI=1S/C22H18N2/c1-4-10-18(11-5-1)21-16-24(20-14-8-3-9-15-20)17-22(23-21)19-12-6-2-7-13-19/h1-16H,17H2. The molecule has 0 bridgehead atoms. The molecule has 0 unspecified atom stereocenters. The Kier molecular flexibility index (Phi) is 3.95. The third-order valence-electron chi connectivity index (χ3n) is 4.12. The molecule has 3 aromatic carbocycles. The minimum absolute atomic E-state index is 0.768. The molecule has 0 radical (unpaired) electrons. The first-order chi connectivity index (χ1) is 11.9. The van der Waals surface area contributed by atoms with Crippen LogP contribution in [0, 0.1) is 0 Å². The second-order valence-electron chi connectivity index (χ2n) is 5.77. The van der Waals surface area contributed by atoms with E-state index >= 15 is 0 Å². The van der Waals surface area contributed by atoms with E-state index in [0.717, 1.165) is 23.5 Å². The fourth-order valence-electron chi connectivity index (χ4n) is 2.88. The Morgan fingerprint density at radius 3 is 1.79 bits per heavy atom. The molecule has 0 fully saturated rings. The van der Waals surface area contributed by atoms with Gasteiger partial charge in [0.15, 0.2) is 0 Å². The second-order valence-corrected chi connectivity index (χ2v) is 5.77. The van der Waals surface area contributed by atoms with Crippen molar-refractivity contribution < 1.29 is 0 Å². The number of para-hydroxylation sites is 1. The van der Waals surface area contributed by atoms with Gasteiger partial charge in [0, 0.05) is 17.5 Å². The molecule has 0 aliphatic carbocycles. The van der Waals surface area contributed by atoms with Crippen LogP contribution in [0.4, 0.5) is 5.69 Å². The zero-order chi connectivity index (χ0) is 16.2. The van der Waals surface area contributed by atoms with Crippen molar-refractivity contribution >= 4 is 17.1 Å². The van der Waals surface area contributed by atoms with Gasteiger partial charge in [-0.2, -0.15) is 0 Å². The summed E-state index contributed by atoms with van der Waals surface area (Å²) in [6.45, 7) is 0.768. The molecule has 1 heterocycles. The Labute approximate surface area is 142 Å². The van der Waals surface area contributed by atoms with Gasteiger partial charge in [-0.1, -0.05) is 78.9 Å². The average Bonchev–Trinajstić information content (AvgIpc) is 2.70. The van der Waals surface area contributed by atoms with Crippen LogP contribution in [0.5, 0.6) is 0 Å². The summed E-state index contributed by atoms with van der Waals surface area (Å²) in [5, 5.41) is 0. The molecule has 2 nitrogen and oxygen atoms in total. The summed E-state index contributed by atoms with van der Waals surface area (Å²) in [7, 11) is 0. The van der Waals surface area contributed by atoms with Crippen molar-refractivity contribution in [2.75, 3.05) is 11.4 Å². The van der Waals surface area contributed by atoms with Gasteiger partial charge in [-0.25, -0.2) is 4.99 Å². The van der Waals surface area contributed by atoms with Gasteiger partial charge in [-0.15, -0.1) is 0 Å². The zero-order valence-corrected chi connectivity index (χ0v) is 13.3. The van der Waals surface area contributed by atoms with Crippen molar-refractivity contribution in [2.45, 2.75) is 0 Å². The van der Waals surface area contributed by atoms with E-state index in [-0.39, 0.29) is 0 Å². The third-order valence-corrected chi connectivity index (χ3v) is 4.12. The summed E-state index contributed by atoms with van der Waals surface area (Å²) in [4.78, 5) is 7.20. The first kappa shape index (κ1) is 14.5. The SMILES string of the molecule is C1=C(c2ccccc2)N=C(c2ccccc2)CN1c1ccccc1. The van der Waals surface area contributed by atoms with E-state index in [1.165, 1.54) is 11.3 Å². The summed E-state index contributed by atoms with van der Waals surface area (Å²) in [6.07, 6.45) is 2.14. The van der Waals surface area contributed by atoms with Crippen molar-refractivity contribution in [3.8, 4) is 0 Å². The van der Waals surface area contributed by atoms with Crippen LogP contribution < -0.4 is 4.90 Å². The Balaban J connectivity index is 1.79.